The van der Waals surface area contributed by atoms with Gasteiger partial charge in [0, 0.05) is 18.9 Å². The zero-order valence-corrected chi connectivity index (χ0v) is 7.87. The minimum Gasteiger partial charge on any atom is -0.273 e. The third-order valence-electron chi connectivity index (χ3n) is 2.05. The summed E-state index contributed by atoms with van der Waals surface area (Å²) < 4.78 is 2.01. The number of rotatable bonds is 6. The summed E-state index contributed by atoms with van der Waals surface area (Å²) in [5.41, 5.74) is 0. The van der Waals surface area contributed by atoms with Crippen LogP contribution in [0.1, 0.15) is 39.0 Å². The molecule has 0 atom stereocenters. The number of hydrogen-bond acceptors (Lipinski definition) is 1. The molecule has 0 spiro atoms. The van der Waals surface area contributed by atoms with Gasteiger partial charge in [-0.25, -0.2) is 0 Å². The van der Waals surface area contributed by atoms with Crippen LogP contribution >= 0.6 is 0 Å². The minimum absolute atomic E-state index is 1.08. The Labute approximate surface area is 74.6 Å². The van der Waals surface area contributed by atoms with Crippen LogP contribution in [0.2, 0.25) is 0 Å². The molecule has 0 aliphatic heterocycles. The number of aryl methyl sites for hydroxylation is 1. The fraction of sp³-hybridized carbons (Fsp3) is 0.700. The monoisotopic (exact) mass is 166 g/mol. The lowest BCUT2D eigenvalue weighted by Gasteiger charge is -2.00. The van der Waals surface area contributed by atoms with E-state index in [1.165, 1.54) is 32.1 Å². The predicted molar refractivity (Wildman–Crippen MR) is 51.0 cm³/mol. The Morgan fingerprint density at radius 1 is 1.17 bits per heavy atom. The quantitative estimate of drug-likeness (QED) is 0.594. The van der Waals surface area contributed by atoms with Gasteiger partial charge in [-0.2, -0.15) is 5.10 Å². The molecule has 0 aliphatic rings. The van der Waals surface area contributed by atoms with Crippen molar-refractivity contribution in [3.05, 3.63) is 18.5 Å². The summed E-state index contributed by atoms with van der Waals surface area (Å²) in [6.45, 7) is 3.32. The molecule has 1 heterocycles. The van der Waals surface area contributed by atoms with Crippen LogP contribution in [0, 0.1) is 0 Å². The first kappa shape index (κ1) is 9.30. The van der Waals surface area contributed by atoms with Crippen LogP contribution < -0.4 is 0 Å². The summed E-state index contributed by atoms with van der Waals surface area (Å²) in [4.78, 5) is 0. The molecule has 0 aliphatic carbocycles. The molecule has 2 nitrogen and oxygen atoms in total. The summed E-state index contributed by atoms with van der Waals surface area (Å²) in [5.74, 6) is 0. The second-order valence-corrected chi connectivity index (χ2v) is 3.18. The topological polar surface area (TPSA) is 17.8 Å². The summed E-state index contributed by atoms with van der Waals surface area (Å²) in [6.07, 6.45) is 10.5. The van der Waals surface area contributed by atoms with Gasteiger partial charge in [0.1, 0.15) is 0 Å². The van der Waals surface area contributed by atoms with Crippen LogP contribution in [0.4, 0.5) is 0 Å². The number of aromatic nitrogens is 2. The smallest absolute Gasteiger partial charge is 0.0489 e. The van der Waals surface area contributed by atoms with Crippen molar-refractivity contribution in [1.82, 2.24) is 9.78 Å². The lowest BCUT2D eigenvalue weighted by Crippen LogP contribution is -1.97. The normalized spacial score (nSPS) is 10.4. The zero-order chi connectivity index (χ0) is 8.65. The highest BCUT2D eigenvalue weighted by atomic mass is 15.3. The van der Waals surface area contributed by atoms with Gasteiger partial charge in [-0.15, -0.1) is 0 Å². The van der Waals surface area contributed by atoms with Gasteiger partial charge < -0.3 is 0 Å². The molecule has 2 heteroatoms. The highest BCUT2D eigenvalue weighted by molar-refractivity contribution is 4.77. The van der Waals surface area contributed by atoms with Crippen molar-refractivity contribution in [2.75, 3.05) is 0 Å². The Kier molecular flexibility index (Phi) is 4.50. The molecule has 0 saturated heterocycles. The van der Waals surface area contributed by atoms with Gasteiger partial charge in [-0.1, -0.05) is 32.6 Å². The zero-order valence-electron chi connectivity index (χ0n) is 7.87. The maximum atomic E-state index is 4.15. The first-order chi connectivity index (χ1) is 5.93. The van der Waals surface area contributed by atoms with E-state index in [0.717, 1.165) is 6.54 Å². The molecule has 0 unspecified atom stereocenters. The largest absolute Gasteiger partial charge is 0.273 e. The van der Waals surface area contributed by atoms with Crippen molar-refractivity contribution >= 4 is 0 Å². The van der Waals surface area contributed by atoms with Crippen LogP contribution in [-0.2, 0) is 6.54 Å². The number of hydrogen-bond donors (Lipinski definition) is 0. The molecule has 1 aromatic heterocycles. The van der Waals surface area contributed by atoms with Gasteiger partial charge in [0.2, 0.25) is 0 Å². The molecular weight excluding hydrogens is 148 g/mol. The molecule has 0 aromatic carbocycles. The first-order valence-electron chi connectivity index (χ1n) is 4.91. The average Bonchev–Trinajstić information content (AvgIpc) is 2.57. The van der Waals surface area contributed by atoms with Gasteiger partial charge in [0.15, 0.2) is 0 Å². The second kappa shape index (κ2) is 5.81. The van der Waals surface area contributed by atoms with E-state index in [2.05, 4.69) is 12.0 Å². The van der Waals surface area contributed by atoms with E-state index in [-0.39, 0.29) is 0 Å². The Balaban J connectivity index is 1.96. The highest BCUT2D eigenvalue weighted by Gasteiger charge is 1.90. The SMILES string of the molecule is CCCCCCCn1cccn1. The minimum atomic E-state index is 1.08. The van der Waals surface area contributed by atoms with Crippen molar-refractivity contribution < 1.29 is 0 Å². The fourth-order valence-corrected chi connectivity index (χ4v) is 1.31. The van der Waals surface area contributed by atoms with Crippen LogP contribution in [-0.4, -0.2) is 9.78 Å². The third kappa shape index (κ3) is 3.56. The first-order valence-corrected chi connectivity index (χ1v) is 4.91. The molecule has 0 N–H and O–H groups in total. The molecule has 0 amide bonds. The highest BCUT2D eigenvalue weighted by Crippen LogP contribution is 2.03. The molecule has 12 heavy (non-hydrogen) atoms. The summed E-state index contributed by atoms with van der Waals surface area (Å²) >= 11 is 0. The second-order valence-electron chi connectivity index (χ2n) is 3.18. The maximum Gasteiger partial charge on any atom is 0.0489 e. The summed E-state index contributed by atoms with van der Waals surface area (Å²) in [6, 6.07) is 1.98. The summed E-state index contributed by atoms with van der Waals surface area (Å²) in [7, 11) is 0. The van der Waals surface area contributed by atoms with Crippen LogP contribution in [0.5, 0.6) is 0 Å². The van der Waals surface area contributed by atoms with E-state index in [1.54, 1.807) is 0 Å². The maximum absolute atomic E-state index is 4.15. The Bertz CT molecular complexity index is 180. The lowest BCUT2D eigenvalue weighted by molar-refractivity contribution is 0.533. The van der Waals surface area contributed by atoms with Crippen LogP contribution in [0.15, 0.2) is 18.5 Å². The standard InChI is InChI=1S/C10H18N2/c1-2-3-4-5-6-9-12-10-7-8-11-12/h7-8,10H,2-6,9H2,1H3. The molecular formula is C10H18N2. The number of unbranched alkanes of at least 4 members (excludes halogenated alkanes) is 4. The average molecular weight is 166 g/mol. The molecule has 1 rings (SSSR count). The Hall–Kier alpha value is -0.790. The molecule has 68 valence electrons. The van der Waals surface area contributed by atoms with Crippen molar-refractivity contribution in [3.8, 4) is 0 Å². The van der Waals surface area contributed by atoms with Gasteiger partial charge in [0.25, 0.3) is 0 Å². The molecule has 0 saturated carbocycles. The van der Waals surface area contributed by atoms with E-state index >= 15 is 0 Å². The molecule has 1 aromatic rings. The lowest BCUT2D eigenvalue weighted by atomic mass is 10.1. The van der Waals surface area contributed by atoms with Gasteiger partial charge in [0.05, 0.1) is 0 Å². The number of nitrogens with zero attached hydrogens (tertiary/aromatic N) is 2. The van der Waals surface area contributed by atoms with Crippen molar-refractivity contribution in [2.45, 2.75) is 45.6 Å². The Morgan fingerprint density at radius 2 is 2.00 bits per heavy atom. The molecule has 0 bridgehead atoms. The van der Waals surface area contributed by atoms with Crippen molar-refractivity contribution in [2.24, 2.45) is 0 Å². The van der Waals surface area contributed by atoms with E-state index in [0.29, 0.717) is 0 Å². The molecule has 0 radical (unpaired) electrons. The van der Waals surface area contributed by atoms with E-state index in [4.69, 9.17) is 0 Å². The predicted octanol–water partition coefficient (Wildman–Crippen LogP) is 2.85. The van der Waals surface area contributed by atoms with Gasteiger partial charge in [-0.05, 0) is 12.5 Å². The fourth-order valence-electron chi connectivity index (χ4n) is 1.31. The van der Waals surface area contributed by atoms with Gasteiger partial charge in [-0.3, -0.25) is 4.68 Å². The molecule has 0 fully saturated rings. The van der Waals surface area contributed by atoms with Crippen LogP contribution in [0.3, 0.4) is 0 Å². The summed E-state index contributed by atoms with van der Waals surface area (Å²) in [5, 5.41) is 4.15. The van der Waals surface area contributed by atoms with E-state index in [1.807, 2.05) is 23.1 Å². The Morgan fingerprint density at radius 3 is 2.67 bits per heavy atom. The van der Waals surface area contributed by atoms with Crippen molar-refractivity contribution in [3.63, 3.8) is 0 Å². The van der Waals surface area contributed by atoms with E-state index in [9.17, 15) is 0 Å². The van der Waals surface area contributed by atoms with Crippen molar-refractivity contribution in [1.29, 1.82) is 0 Å². The van der Waals surface area contributed by atoms with E-state index < -0.39 is 0 Å². The van der Waals surface area contributed by atoms with Crippen LogP contribution in [0.25, 0.3) is 0 Å². The van der Waals surface area contributed by atoms with Gasteiger partial charge >= 0.3 is 0 Å². The third-order valence-corrected chi connectivity index (χ3v) is 2.05.